The molecule has 1 amide bonds. The minimum Gasteiger partial charge on any atom is -0.369 e. The second-order valence-electron chi connectivity index (χ2n) is 5.34. The first-order valence-electron chi connectivity index (χ1n) is 6.76. The van der Waals surface area contributed by atoms with Gasteiger partial charge in [-0.25, -0.2) is 0 Å². The summed E-state index contributed by atoms with van der Waals surface area (Å²) >= 11 is 0. The Kier molecular flexibility index (Phi) is 4.37. The Morgan fingerprint density at radius 3 is 2.11 bits per heavy atom. The molecule has 18 heavy (non-hydrogen) atoms. The summed E-state index contributed by atoms with van der Waals surface area (Å²) in [5, 5.41) is 0. The van der Waals surface area contributed by atoms with Crippen LogP contribution in [0.3, 0.4) is 0 Å². The fourth-order valence-corrected chi connectivity index (χ4v) is 2.80. The molecule has 0 unspecified atom stereocenters. The minimum atomic E-state index is -0.124. The monoisotopic (exact) mass is 246 g/mol. The molecule has 1 fully saturated rings. The SMILES string of the molecule is NCc1ccc(CC2CCC(C(N)=O)CC2)cc1. The predicted octanol–water partition coefficient (Wildman–Crippen LogP) is 1.98. The minimum absolute atomic E-state index is 0.112. The highest BCUT2D eigenvalue weighted by Gasteiger charge is 2.24. The summed E-state index contributed by atoms with van der Waals surface area (Å²) in [6.07, 6.45) is 5.26. The molecule has 0 radical (unpaired) electrons. The first-order valence-corrected chi connectivity index (χ1v) is 6.76. The molecule has 0 aliphatic heterocycles. The van der Waals surface area contributed by atoms with Gasteiger partial charge in [-0.3, -0.25) is 4.79 Å². The lowest BCUT2D eigenvalue weighted by Gasteiger charge is -2.26. The van der Waals surface area contributed by atoms with Crippen molar-refractivity contribution in [1.29, 1.82) is 0 Å². The molecule has 2 rings (SSSR count). The second-order valence-corrected chi connectivity index (χ2v) is 5.34. The Morgan fingerprint density at radius 2 is 1.61 bits per heavy atom. The van der Waals surface area contributed by atoms with Crippen molar-refractivity contribution in [3.05, 3.63) is 35.4 Å². The molecule has 1 aromatic rings. The highest BCUT2D eigenvalue weighted by molar-refractivity contribution is 5.76. The molecule has 0 spiro atoms. The standard InChI is InChI=1S/C15H22N2O/c16-10-13-3-1-11(2-4-13)9-12-5-7-14(8-6-12)15(17)18/h1-4,12,14H,5-10,16H2,(H2,17,18). The first-order chi connectivity index (χ1) is 8.69. The topological polar surface area (TPSA) is 69.1 Å². The van der Waals surface area contributed by atoms with E-state index in [9.17, 15) is 4.79 Å². The number of rotatable bonds is 4. The molecule has 98 valence electrons. The first kappa shape index (κ1) is 13.1. The summed E-state index contributed by atoms with van der Waals surface area (Å²) < 4.78 is 0. The summed E-state index contributed by atoms with van der Waals surface area (Å²) in [5.74, 6) is 0.686. The van der Waals surface area contributed by atoms with E-state index in [2.05, 4.69) is 24.3 Å². The van der Waals surface area contributed by atoms with Crippen LogP contribution in [0.1, 0.15) is 36.8 Å². The van der Waals surface area contributed by atoms with Crippen LogP contribution < -0.4 is 11.5 Å². The van der Waals surface area contributed by atoms with E-state index in [1.807, 2.05) is 0 Å². The number of benzene rings is 1. The molecule has 1 aliphatic rings. The van der Waals surface area contributed by atoms with Crippen LogP contribution in [-0.4, -0.2) is 5.91 Å². The largest absolute Gasteiger partial charge is 0.369 e. The number of carbonyl (C=O) groups excluding carboxylic acids is 1. The van der Waals surface area contributed by atoms with E-state index in [-0.39, 0.29) is 11.8 Å². The van der Waals surface area contributed by atoms with Crippen LogP contribution in [0.5, 0.6) is 0 Å². The molecule has 0 atom stereocenters. The van der Waals surface area contributed by atoms with Gasteiger partial charge in [-0.2, -0.15) is 0 Å². The molecular formula is C15H22N2O. The van der Waals surface area contributed by atoms with Gasteiger partial charge in [0.25, 0.3) is 0 Å². The third kappa shape index (κ3) is 3.33. The van der Waals surface area contributed by atoms with E-state index in [1.54, 1.807) is 0 Å². The lowest BCUT2D eigenvalue weighted by atomic mass is 9.79. The molecule has 3 nitrogen and oxygen atoms in total. The van der Waals surface area contributed by atoms with Gasteiger partial charge in [-0.1, -0.05) is 24.3 Å². The molecule has 4 N–H and O–H groups in total. The molecular weight excluding hydrogens is 224 g/mol. The Hall–Kier alpha value is -1.35. The van der Waals surface area contributed by atoms with Crippen molar-refractivity contribution in [2.75, 3.05) is 0 Å². The van der Waals surface area contributed by atoms with Crippen LogP contribution in [0.15, 0.2) is 24.3 Å². The summed E-state index contributed by atoms with van der Waals surface area (Å²) in [6, 6.07) is 8.54. The van der Waals surface area contributed by atoms with E-state index in [0.717, 1.165) is 32.1 Å². The lowest BCUT2D eigenvalue weighted by molar-refractivity contribution is -0.122. The fourth-order valence-electron chi connectivity index (χ4n) is 2.80. The second kappa shape index (κ2) is 6.01. The van der Waals surface area contributed by atoms with Crippen LogP contribution >= 0.6 is 0 Å². The molecule has 0 heterocycles. The van der Waals surface area contributed by atoms with Gasteiger partial charge in [0, 0.05) is 12.5 Å². The van der Waals surface area contributed by atoms with E-state index in [0.29, 0.717) is 12.5 Å². The summed E-state index contributed by atoms with van der Waals surface area (Å²) in [5.41, 5.74) is 13.5. The van der Waals surface area contributed by atoms with Gasteiger partial charge in [0.1, 0.15) is 0 Å². The Labute approximate surface area is 109 Å². The van der Waals surface area contributed by atoms with Crippen molar-refractivity contribution < 1.29 is 4.79 Å². The number of carbonyl (C=O) groups is 1. The number of primary amides is 1. The average molecular weight is 246 g/mol. The zero-order valence-corrected chi connectivity index (χ0v) is 10.8. The zero-order valence-electron chi connectivity index (χ0n) is 10.8. The summed E-state index contributed by atoms with van der Waals surface area (Å²) in [7, 11) is 0. The van der Waals surface area contributed by atoms with Crippen LogP contribution in [0.2, 0.25) is 0 Å². The maximum atomic E-state index is 11.1. The highest BCUT2D eigenvalue weighted by atomic mass is 16.1. The van der Waals surface area contributed by atoms with Crippen molar-refractivity contribution >= 4 is 5.91 Å². The van der Waals surface area contributed by atoms with Gasteiger partial charge in [-0.05, 0) is 49.1 Å². The van der Waals surface area contributed by atoms with Crippen molar-refractivity contribution in [2.45, 2.75) is 38.6 Å². The highest BCUT2D eigenvalue weighted by Crippen LogP contribution is 2.30. The van der Waals surface area contributed by atoms with Gasteiger partial charge in [0.05, 0.1) is 0 Å². The van der Waals surface area contributed by atoms with Gasteiger partial charge in [-0.15, -0.1) is 0 Å². The van der Waals surface area contributed by atoms with E-state index in [4.69, 9.17) is 11.5 Å². The summed E-state index contributed by atoms with van der Waals surface area (Å²) in [6.45, 7) is 0.601. The van der Waals surface area contributed by atoms with E-state index in [1.165, 1.54) is 11.1 Å². The summed E-state index contributed by atoms with van der Waals surface area (Å²) in [4.78, 5) is 11.1. The number of hydrogen-bond acceptors (Lipinski definition) is 2. The van der Waals surface area contributed by atoms with Gasteiger partial charge >= 0.3 is 0 Å². The smallest absolute Gasteiger partial charge is 0.220 e. The predicted molar refractivity (Wildman–Crippen MR) is 72.7 cm³/mol. The molecule has 1 saturated carbocycles. The van der Waals surface area contributed by atoms with Crippen molar-refractivity contribution in [3.63, 3.8) is 0 Å². The van der Waals surface area contributed by atoms with Crippen molar-refractivity contribution in [2.24, 2.45) is 23.3 Å². The van der Waals surface area contributed by atoms with Crippen LogP contribution in [0, 0.1) is 11.8 Å². The fraction of sp³-hybridized carbons (Fsp3) is 0.533. The normalized spacial score (nSPS) is 23.8. The molecule has 0 saturated heterocycles. The van der Waals surface area contributed by atoms with Gasteiger partial charge < -0.3 is 11.5 Å². The number of hydrogen-bond donors (Lipinski definition) is 2. The lowest BCUT2D eigenvalue weighted by Crippen LogP contribution is -2.28. The molecule has 3 heteroatoms. The quantitative estimate of drug-likeness (QED) is 0.853. The third-order valence-corrected chi connectivity index (χ3v) is 4.03. The van der Waals surface area contributed by atoms with E-state index >= 15 is 0 Å². The van der Waals surface area contributed by atoms with Gasteiger partial charge in [0.2, 0.25) is 5.91 Å². The maximum Gasteiger partial charge on any atom is 0.220 e. The van der Waals surface area contributed by atoms with E-state index < -0.39 is 0 Å². The number of nitrogens with two attached hydrogens (primary N) is 2. The molecule has 1 aromatic carbocycles. The maximum absolute atomic E-state index is 11.1. The molecule has 1 aliphatic carbocycles. The van der Waals surface area contributed by atoms with Crippen molar-refractivity contribution in [1.82, 2.24) is 0 Å². The van der Waals surface area contributed by atoms with Gasteiger partial charge in [0.15, 0.2) is 0 Å². The Balaban J connectivity index is 1.85. The van der Waals surface area contributed by atoms with Crippen LogP contribution in [0.25, 0.3) is 0 Å². The molecule has 0 bridgehead atoms. The average Bonchev–Trinajstić information content (AvgIpc) is 2.40. The van der Waals surface area contributed by atoms with Crippen LogP contribution in [-0.2, 0) is 17.8 Å². The third-order valence-electron chi connectivity index (χ3n) is 4.03. The van der Waals surface area contributed by atoms with Crippen molar-refractivity contribution in [3.8, 4) is 0 Å². The zero-order chi connectivity index (χ0) is 13.0. The molecule has 0 aromatic heterocycles. The number of amides is 1. The Morgan fingerprint density at radius 1 is 1.06 bits per heavy atom. The Bertz CT molecular complexity index is 391. The van der Waals surface area contributed by atoms with Crippen LogP contribution in [0.4, 0.5) is 0 Å².